The number of carbonyl (C=O) groups is 2. The van der Waals surface area contributed by atoms with E-state index in [1.807, 2.05) is 38.1 Å². The summed E-state index contributed by atoms with van der Waals surface area (Å²) in [6.45, 7) is 4.91. The van der Waals surface area contributed by atoms with Crippen molar-refractivity contribution in [2.45, 2.75) is 32.9 Å². The summed E-state index contributed by atoms with van der Waals surface area (Å²) in [5, 5.41) is 5.25. The van der Waals surface area contributed by atoms with E-state index in [0.29, 0.717) is 24.2 Å². The van der Waals surface area contributed by atoms with Gasteiger partial charge in [0.1, 0.15) is 5.82 Å². The largest absolute Gasteiger partial charge is 0.437 e. The second-order valence-electron chi connectivity index (χ2n) is 10.1. The third-order valence-electron chi connectivity index (χ3n) is 6.90. The first kappa shape index (κ1) is 27.9. The number of aryl methyl sites for hydroxylation is 1. The number of hydrogen-bond donors (Lipinski definition) is 2. The number of aromatic nitrogens is 2. The van der Waals surface area contributed by atoms with Crippen LogP contribution in [0.25, 0.3) is 11.1 Å². The molecule has 2 aromatic carbocycles. The Hall–Kier alpha value is -4.67. The van der Waals surface area contributed by atoms with Gasteiger partial charge in [0.05, 0.1) is 0 Å². The second-order valence-corrected chi connectivity index (χ2v) is 10.1. The van der Waals surface area contributed by atoms with Crippen LogP contribution in [0.5, 0.6) is 0 Å². The molecule has 4 aromatic rings. The van der Waals surface area contributed by atoms with Crippen LogP contribution in [-0.2, 0) is 6.18 Å². The van der Waals surface area contributed by atoms with E-state index in [9.17, 15) is 22.8 Å². The van der Waals surface area contributed by atoms with Crippen molar-refractivity contribution in [3.05, 3.63) is 89.4 Å². The number of para-hydroxylation sites is 1. The van der Waals surface area contributed by atoms with E-state index in [-0.39, 0.29) is 23.7 Å². The van der Waals surface area contributed by atoms with Crippen LogP contribution >= 0.6 is 0 Å². The fourth-order valence-electron chi connectivity index (χ4n) is 4.69. The number of alkyl halides is 3. The Morgan fingerprint density at radius 1 is 0.976 bits per heavy atom. The van der Waals surface area contributed by atoms with Crippen molar-refractivity contribution in [3.8, 4) is 11.1 Å². The molecule has 11 heteroatoms. The molecule has 2 aromatic heterocycles. The topological polar surface area (TPSA) is 100 Å². The molecule has 1 aliphatic heterocycles. The molecule has 0 bridgehead atoms. The zero-order valence-corrected chi connectivity index (χ0v) is 22.5. The van der Waals surface area contributed by atoms with Crippen molar-refractivity contribution in [1.29, 1.82) is 0 Å². The Morgan fingerprint density at radius 2 is 1.71 bits per heavy atom. The maximum Gasteiger partial charge on any atom is 0.437 e. The fourth-order valence-corrected chi connectivity index (χ4v) is 4.69. The van der Waals surface area contributed by atoms with Crippen LogP contribution in [0, 0.1) is 12.8 Å². The molecule has 0 radical (unpaired) electrons. The summed E-state index contributed by atoms with van der Waals surface area (Å²) >= 11 is 0. The monoisotopic (exact) mass is 563 g/mol. The molecule has 1 atom stereocenters. The maximum absolute atomic E-state index is 13.7. The van der Waals surface area contributed by atoms with Gasteiger partial charge in [-0.1, -0.05) is 37.3 Å². The summed E-state index contributed by atoms with van der Waals surface area (Å²) in [5.41, 5.74) is 2.23. The van der Waals surface area contributed by atoms with Crippen LogP contribution in [0.3, 0.4) is 0 Å². The standard InChI is InChI=1S/C30H28F3N5O3/c1-18-6-5-15-38(17-18)29-37-26(30(31,32)33)25(41-29)28(40)36-24-14-13-22(16-34-24)20-9-11-21(12-10-20)27(39)35-23-8-4-3-7-19(23)2/h3-4,7-14,16,18H,5-6,15,17H2,1-2H3,(H,35,39)(H,34,36,40). The Bertz CT molecular complexity index is 1550. The van der Waals surface area contributed by atoms with Crippen molar-refractivity contribution in [2.75, 3.05) is 28.6 Å². The number of halogens is 3. The predicted molar refractivity (Wildman–Crippen MR) is 149 cm³/mol. The lowest BCUT2D eigenvalue weighted by atomic mass is 10.0. The third kappa shape index (κ3) is 6.40. The van der Waals surface area contributed by atoms with Crippen molar-refractivity contribution in [3.63, 3.8) is 0 Å². The van der Waals surface area contributed by atoms with Gasteiger partial charge in [0.15, 0.2) is 5.69 Å². The minimum absolute atomic E-state index is 0.0469. The highest BCUT2D eigenvalue weighted by Crippen LogP contribution is 2.35. The molecular weight excluding hydrogens is 535 g/mol. The zero-order valence-electron chi connectivity index (χ0n) is 22.5. The number of piperidine rings is 1. The molecule has 3 heterocycles. The molecular formula is C30H28F3N5O3. The number of hydrogen-bond acceptors (Lipinski definition) is 6. The quantitative estimate of drug-likeness (QED) is 0.268. The lowest BCUT2D eigenvalue weighted by Crippen LogP contribution is -2.34. The Balaban J connectivity index is 1.27. The van der Waals surface area contributed by atoms with Crippen LogP contribution in [0.4, 0.5) is 30.7 Å². The van der Waals surface area contributed by atoms with E-state index in [1.54, 1.807) is 35.2 Å². The van der Waals surface area contributed by atoms with Gasteiger partial charge in [-0.3, -0.25) is 9.59 Å². The average molecular weight is 564 g/mol. The molecule has 212 valence electrons. The van der Waals surface area contributed by atoms with E-state index in [4.69, 9.17) is 4.42 Å². The molecule has 1 saturated heterocycles. The average Bonchev–Trinajstić information content (AvgIpc) is 3.42. The first-order valence-electron chi connectivity index (χ1n) is 13.2. The van der Waals surface area contributed by atoms with Crippen molar-refractivity contribution >= 4 is 29.3 Å². The van der Waals surface area contributed by atoms with Crippen LogP contribution in [0.15, 0.2) is 71.3 Å². The number of pyridine rings is 1. The molecule has 2 N–H and O–H groups in total. The minimum atomic E-state index is -4.86. The molecule has 1 fully saturated rings. The summed E-state index contributed by atoms with van der Waals surface area (Å²) in [6.07, 6.45) is -1.63. The van der Waals surface area contributed by atoms with Crippen molar-refractivity contribution in [1.82, 2.24) is 9.97 Å². The SMILES string of the molecule is Cc1ccccc1NC(=O)c1ccc(-c2ccc(NC(=O)c3oc(N4CCCC(C)C4)nc3C(F)(F)F)nc2)cc1. The summed E-state index contributed by atoms with van der Waals surface area (Å²) in [6, 6.07) is 17.3. The van der Waals surface area contributed by atoms with Gasteiger partial charge in [0, 0.05) is 36.1 Å². The van der Waals surface area contributed by atoms with Gasteiger partial charge in [-0.25, -0.2) is 4.98 Å². The van der Waals surface area contributed by atoms with Gasteiger partial charge in [-0.05, 0) is 67.1 Å². The maximum atomic E-state index is 13.7. The second kappa shape index (κ2) is 11.4. The number of nitrogens with zero attached hydrogens (tertiary/aromatic N) is 3. The van der Waals surface area contributed by atoms with Gasteiger partial charge in [0.25, 0.3) is 17.8 Å². The van der Waals surface area contributed by atoms with Gasteiger partial charge >= 0.3 is 6.18 Å². The smallest absolute Gasteiger partial charge is 0.417 e. The lowest BCUT2D eigenvalue weighted by Gasteiger charge is -2.29. The number of oxazole rings is 1. The van der Waals surface area contributed by atoms with E-state index >= 15 is 0 Å². The molecule has 41 heavy (non-hydrogen) atoms. The molecule has 0 spiro atoms. The number of carbonyl (C=O) groups excluding carboxylic acids is 2. The number of benzene rings is 2. The first-order valence-corrected chi connectivity index (χ1v) is 13.2. The summed E-state index contributed by atoms with van der Waals surface area (Å²) in [5.74, 6) is -1.92. The zero-order chi connectivity index (χ0) is 29.1. The summed E-state index contributed by atoms with van der Waals surface area (Å²) in [4.78, 5) is 34.9. The highest BCUT2D eigenvalue weighted by atomic mass is 19.4. The van der Waals surface area contributed by atoms with Gasteiger partial charge in [0.2, 0.25) is 5.76 Å². The molecule has 8 nitrogen and oxygen atoms in total. The van der Waals surface area contributed by atoms with E-state index in [2.05, 4.69) is 20.6 Å². The Kier molecular flexibility index (Phi) is 7.78. The molecule has 0 saturated carbocycles. The van der Waals surface area contributed by atoms with E-state index in [0.717, 1.165) is 29.7 Å². The highest BCUT2D eigenvalue weighted by molar-refractivity contribution is 6.05. The van der Waals surface area contributed by atoms with Crippen molar-refractivity contribution < 1.29 is 27.2 Å². The Morgan fingerprint density at radius 3 is 2.37 bits per heavy atom. The van der Waals surface area contributed by atoms with E-state index < -0.39 is 23.5 Å². The molecule has 1 aliphatic rings. The van der Waals surface area contributed by atoms with Gasteiger partial charge < -0.3 is 20.0 Å². The van der Waals surface area contributed by atoms with Gasteiger partial charge in [-0.2, -0.15) is 18.2 Å². The number of nitrogens with one attached hydrogen (secondary N) is 2. The van der Waals surface area contributed by atoms with E-state index in [1.165, 1.54) is 12.3 Å². The molecule has 2 amide bonds. The lowest BCUT2D eigenvalue weighted by molar-refractivity contribution is -0.141. The van der Waals surface area contributed by atoms with Crippen molar-refractivity contribution in [2.24, 2.45) is 5.92 Å². The number of anilines is 3. The molecule has 0 aliphatic carbocycles. The Labute approximate surface area is 234 Å². The highest BCUT2D eigenvalue weighted by Gasteiger charge is 2.42. The van der Waals surface area contributed by atoms with Crippen LogP contribution in [0.2, 0.25) is 0 Å². The summed E-state index contributed by atoms with van der Waals surface area (Å²) < 4.78 is 46.4. The first-order chi connectivity index (χ1) is 19.6. The van der Waals surface area contributed by atoms with Gasteiger partial charge in [-0.15, -0.1) is 0 Å². The summed E-state index contributed by atoms with van der Waals surface area (Å²) in [7, 11) is 0. The molecule has 5 rings (SSSR count). The normalized spacial score (nSPS) is 15.4. The third-order valence-corrected chi connectivity index (χ3v) is 6.90. The van der Waals surface area contributed by atoms with Crippen LogP contribution < -0.4 is 15.5 Å². The number of rotatable bonds is 6. The number of amides is 2. The molecule has 1 unspecified atom stereocenters. The predicted octanol–water partition coefficient (Wildman–Crippen LogP) is 6.80. The van der Waals surface area contributed by atoms with Crippen LogP contribution in [-0.4, -0.2) is 34.9 Å². The fraction of sp³-hybridized carbons (Fsp3) is 0.267. The van der Waals surface area contributed by atoms with Crippen LogP contribution in [0.1, 0.15) is 51.9 Å². The minimum Gasteiger partial charge on any atom is -0.417 e.